The molecule has 1 fully saturated rings. The number of likely N-dealkylation sites (tertiary alicyclic amines) is 1. The number of nitrogens with zero attached hydrogens (tertiary/aromatic N) is 1. The number of piperidine rings is 1. The Kier molecular flexibility index (Phi) is 4.41. The number of hydrogen-bond acceptors (Lipinski definition) is 2. The summed E-state index contributed by atoms with van der Waals surface area (Å²) in [5.41, 5.74) is 2.74. The fourth-order valence-corrected chi connectivity index (χ4v) is 2.93. The number of aliphatic hydroxyl groups is 1. The van der Waals surface area contributed by atoms with Crippen molar-refractivity contribution in [1.82, 2.24) is 4.90 Å². The molecule has 0 aromatic heterocycles. The summed E-state index contributed by atoms with van der Waals surface area (Å²) in [5.74, 6) is 0.492. The minimum atomic E-state index is -0.151. The van der Waals surface area contributed by atoms with Crippen molar-refractivity contribution in [3.8, 4) is 0 Å². The highest BCUT2D eigenvalue weighted by atomic mass is 16.3. The average Bonchev–Trinajstić information content (AvgIpc) is 2.38. The van der Waals surface area contributed by atoms with Gasteiger partial charge in [0.2, 0.25) is 0 Å². The quantitative estimate of drug-likeness (QED) is 0.887. The molecular weight excluding hydrogens is 222 g/mol. The van der Waals surface area contributed by atoms with Crippen LogP contribution in [0.2, 0.25) is 0 Å². The van der Waals surface area contributed by atoms with Crippen LogP contribution in [-0.4, -0.2) is 29.2 Å². The molecule has 1 saturated heterocycles. The van der Waals surface area contributed by atoms with Crippen molar-refractivity contribution in [1.29, 1.82) is 0 Å². The average molecular weight is 247 g/mol. The van der Waals surface area contributed by atoms with Crippen molar-refractivity contribution in [2.75, 3.05) is 13.1 Å². The topological polar surface area (TPSA) is 23.5 Å². The van der Waals surface area contributed by atoms with Gasteiger partial charge in [-0.1, -0.05) is 29.8 Å². The molecule has 2 atom stereocenters. The van der Waals surface area contributed by atoms with Gasteiger partial charge in [-0.2, -0.15) is 0 Å². The predicted octanol–water partition coefficient (Wildman–Crippen LogP) is 3.15. The minimum absolute atomic E-state index is 0.151. The van der Waals surface area contributed by atoms with Crippen molar-refractivity contribution in [3.63, 3.8) is 0 Å². The van der Waals surface area contributed by atoms with Gasteiger partial charge >= 0.3 is 0 Å². The third-order valence-corrected chi connectivity index (χ3v) is 4.33. The van der Waals surface area contributed by atoms with E-state index in [1.807, 2.05) is 6.92 Å². The lowest BCUT2D eigenvalue weighted by molar-refractivity contribution is 0.0586. The minimum Gasteiger partial charge on any atom is -0.393 e. The van der Waals surface area contributed by atoms with Crippen LogP contribution >= 0.6 is 0 Å². The molecule has 1 aliphatic heterocycles. The Hall–Kier alpha value is -0.860. The first-order valence-electron chi connectivity index (χ1n) is 7.06. The second-order valence-electron chi connectivity index (χ2n) is 5.70. The smallest absolute Gasteiger partial charge is 0.0541 e. The van der Waals surface area contributed by atoms with Crippen molar-refractivity contribution in [2.24, 2.45) is 5.92 Å². The SMILES string of the molecule is Cc1cccc(C(C)N2CCC(C(C)O)CC2)c1. The van der Waals surface area contributed by atoms with Crippen LogP contribution in [0.1, 0.15) is 43.9 Å². The molecule has 1 aromatic carbocycles. The van der Waals surface area contributed by atoms with E-state index in [-0.39, 0.29) is 6.10 Å². The normalized spacial score (nSPS) is 21.8. The van der Waals surface area contributed by atoms with E-state index < -0.39 is 0 Å². The number of aryl methyl sites for hydroxylation is 1. The number of rotatable bonds is 3. The Morgan fingerprint density at radius 2 is 1.89 bits per heavy atom. The van der Waals surface area contributed by atoms with Crippen LogP contribution in [0.25, 0.3) is 0 Å². The Morgan fingerprint density at radius 1 is 1.22 bits per heavy atom. The van der Waals surface area contributed by atoms with Crippen LogP contribution in [-0.2, 0) is 0 Å². The number of benzene rings is 1. The zero-order chi connectivity index (χ0) is 13.1. The van der Waals surface area contributed by atoms with Gasteiger partial charge in [-0.05, 0) is 58.2 Å². The largest absolute Gasteiger partial charge is 0.393 e. The molecule has 2 heteroatoms. The molecule has 100 valence electrons. The molecule has 0 spiro atoms. The first-order valence-corrected chi connectivity index (χ1v) is 7.06. The molecule has 1 aliphatic rings. The lowest BCUT2D eigenvalue weighted by Crippen LogP contribution is -2.38. The van der Waals surface area contributed by atoms with Gasteiger partial charge in [-0.15, -0.1) is 0 Å². The van der Waals surface area contributed by atoms with E-state index in [1.165, 1.54) is 11.1 Å². The maximum atomic E-state index is 9.64. The van der Waals surface area contributed by atoms with E-state index in [9.17, 15) is 5.11 Å². The Balaban J connectivity index is 1.97. The van der Waals surface area contributed by atoms with Crippen LogP contribution < -0.4 is 0 Å². The van der Waals surface area contributed by atoms with Crippen LogP contribution in [0.3, 0.4) is 0 Å². The molecule has 1 heterocycles. The summed E-state index contributed by atoms with van der Waals surface area (Å²) in [6, 6.07) is 9.28. The second-order valence-corrected chi connectivity index (χ2v) is 5.70. The Morgan fingerprint density at radius 3 is 2.44 bits per heavy atom. The molecule has 1 aromatic rings. The highest BCUT2D eigenvalue weighted by molar-refractivity contribution is 5.24. The maximum absolute atomic E-state index is 9.64. The van der Waals surface area contributed by atoms with Crippen LogP contribution in [0.15, 0.2) is 24.3 Å². The fraction of sp³-hybridized carbons (Fsp3) is 0.625. The van der Waals surface area contributed by atoms with Gasteiger partial charge in [0, 0.05) is 6.04 Å². The van der Waals surface area contributed by atoms with Crippen LogP contribution in [0.4, 0.5) is 0 Å². The molecule has 2 rings (SSSR count). The third-order valence-electron chi connectivity index (χ3n) is 4.33. The first-order chi connectivity index (χ1) is 8.58. The third kappa shape index (κ3) is 3.12. The molecule has 0 aliphatic carbocycles. The first kappa shape index (κ1) is 13.6. The number of aliphatic hydroxyl groups excluding tert-OH is 1. The van der Waals surface area contributed by atoms with Gasteiger partial charge in [0.1, 0.15) is 0 Å². The van der Waals surface area contributed by atoms with Crippen molar-refractivity contribution >= 4 is 0 Å². The van der Waals surface area contributed by atoms with E-state index in [0.717, 1.165) is 25.9 Å². The van der Waals surface area contributed by atoms with Gasteiger partial charge in [0.05, 0.1) is 6.10 Å². The molecule has 2 nitrogen and oxygen atoms in total. The Labute approximate surface area is 111 Å². The van der Waals surface area contributed by atoms with E-state index in [4.69, 9.17) is 0 Å². The second kappa shape index (κ2) is 5.85. The van der Waals surface area contributed by atoms with Crippen LogP contribution in [0.5, 0.6) is 0 Å². The summed E-state index contributed by atoms with van der Waals surface area (Å²) >= 11 is 0. The zero-order valence-electron chi connectivity index (χ0n) is 11.8. The lowest BCUT2D eigenvalue weighted by atomic mass is 9.90. The highest BCUT2D eigenvalue weighted by Gasteiger charge is 2.25. The van der Waals surface area contributed by atoms with E-state index in [1.54, 1.807) is 0 Å². The molecule has 0 saturated carbocycles. The molecule has 18 heavy (non-hydrogen) atoms. The van der Waals surface area contributed by atoms with Crippen molar-refractivity contribution < 1.29 is 5.11 Å². The molecule has 0 bridgehead atoms. The van der Waals surface area contributed by atoms with Gasteiger partial charge < -0.3 is 5.11 Å². The standard InChI is InChI=1S/C16H25NO/c1-12-5-4-6-16(11-12)13(2)17-9-7-15(8-10-17)14(3)18/h4-6,11,13-15,18H,7-10H2,1-3H3. The van der Waals surface area contributed by atoms with Gasteiger partial charge in [-0.3, -0.25) is 4.90 Å². The van der Waals surface area contributed by atoms with E-state index in [2.05, 4.69) is 43.0 Å². The van der Waals surface area contributed by atoms with Gasteiger partial charge in [0.25, 0.3) is 0 Å². The molecule has 2 unspecified atom stereocenters. The Bertz CT molecular complexity index is 380. The number of hydrogen-bond donors (Lipinski definition) is 1. The van der Waals surface area contributed by atoms with Gasteiger partial charge in [0.15, 0.2) is 0 Å². The lowest BCUT2D eigenvalue weighted by Gasteiger charge is -2.37. The van der Waals surface area contributed by atoms with Crippen LogP contribution in [0, 0.1) is 12.8 Å². The summed E-state index contributed by atoms with van der Waals surface area (Å²) < 4.78 is 0. The summed E-state index contributed by atoms with van der Waals surface area (Å²) in [7, 11) is 0. The zero-order valence-corrected chi connectivity index (χ0v) is 11.8. The van der Waals surface area contributed by atoms with E-state index in [0.29, 0.717) is 12.0 Å². The summed E-state index contributed by atoms with van der Waals surface area (Å²) in [5, 5.41) is 9.64. The highest BCUT2D eigenvalue weighted by Crippen LogP contribution is 2.28. The van der Waals surface area contributed by atoms with E-state index >= 15 is 0 Å². The fourth-order valence-electron chi connectivity index (χ4n) is 2.93. The molecule has 1 N–H and O–H groups in total. The molecular formula is C16H25NO. The van der Waals surface area contributed by atoms with Crippen molar-refractivity contribution in [2.45, 2.75) is 45.8 Å². The maximum Gasteiger partial charge on any atom is 0.0541 e. The summed E-state index contributed by atoms with van der Waals surface area (Å²) in [6.07, 6.45) is 2.09. The molecule has 0 amide bonds. The molecule has 0 radical (unpaired) electrons. The predicted molar refractivity (Wildman–Crippen MR) is 75.6 cm³/mol. The summed E-state index contributed by atoms with van der Waals surface area (Å²) in [4.78, 5) is 2.54. The van der Waals surface area contributed by atoms with Crippen molar-refractivity contribution in [3.05, 3.63) is 35.4 Å². The van der Waals surface area contributed by atoms with Gasteiger partial charge in [-0.25, -0.2) is 0 Å². The monoisotopic (exact) mass is 247 g/mol. The summed E-state index contributed by atoms with van der Waals surface area (Å²) in [6.45, 7) is 8.56.